The van der Waals surface area contributed by atoms with Crippen molar-refractivity contribution in [3.8, 4) is 5.75 Å². The van der Waals surface area contributed by atoms with Gasteiger partial charge >= 0.3 is 0 Å². The lowest BCUT2D eigenvalue weighted by Crippen LogP contribution is -2.34. The average molecular weight is 345 g/mol. The van der Waals surface area contributed by atoms with E-state index in [1.807, 2.05) is 31.2 Å². The third kappa shape index (κ3) is 3.21. The smallest absolute Gasteiger partial charge is 0.256 e. The number of imide groups is 1. The number of carbonyl (C=O) groups is 2. The number of anilines is 2. The van der Waals surface area contributed by atoms with Crippen LogP contribution in [0.3, 0.4) is 0 Å². The van der Waals surface area contributed by atoms with Gasteiger partial charge in [-0.05, 0) is 37.3 Å². The Morgan fingerprint density at radius 3 is 2.75 bits per heavy atom. The highest BCUT2D eigenvalue weighted by molar-refractivity contribution is 6.31. The van der Waals surface area contributed by atoms with Gasteiger partial charge in [-0.2, -0.15) is 0 Å². The molecule has 6 heteroatoms. The predicted molar refractivity (Wildman–Crippen MR) is 93.6 cm³/mol. The summed E-state index contributed by atoms with van der Waals surface area (Å²) in [5, 5.41) is 3.60. The van der Waals surface area contributed by atoms with E-state index in [1.54, 1.807) is 24.3 Å². The van der Waals surface area contributed by atoms with Crippen molar-refractivity contribution >= 4 is 34.8 Å². The molecular formula is C18H17ClN2O3. The highest BCUT2D eigenvalue weighted by Gasteiger charge is 2.39. The van der Waals surface area contributed by atoms with Crippen LogP contribution >= 0.6 is 11.6 Å². The molecule has 2 aromatic rings. The molecule has 1 N–H and O–H groups in total. The third-order valence-electron chi connectivity index (χ3n) is 3.73. The molecule has 2 amide bonds. The molecule has 5 nitrogen and oxygen atoms in total. The molecule has 0 aliphatic carbocycles. The van der Waals surface area contributed by atoms with Crippen LogP contribution in [0.5, 0.6) is 5.75 Å². The molecule has 1 aliphatic rings. The zero-order chi connectivity index (χ0) is 17.1. The van der Waals surface area contributed by atoms with Gasteiger partial charge in [0, 0.05) is 5.02 Å². The number of nitrogens with one attached hydrogen (secondary N) is 1. The Bertz CT molecular complexity index is 778. The van der Waals surface area contributed by atoms with Crippen LogP contribution < -0.4 is 15.0 Å². The second kappa shape index (κ2) is 6.93. The lowest BCUT2D eigenvalue weighted by molar-refractivity contribution is -0.121. The van der Waals surface area contributed by atoms with Crippen molar-refractivity contribution in [1.82, 2.24) is 0 Å². The van der Waals surface area contributed by atoms with Crippen LogP contribution in [0.1, 0.15) is 13.3 Å². The average Bonchev–Trinajstić information content (AvgIpc) is 2.83. The van der Waals surface area contributed by atoms with Crippen LogP contribution in [0.4, 0.5) is 11.4 Å². The third-order valence-corrected chi connectivity index (χ3v) is 3.96. The van der Waals surface area contributed by atoms with Gasteiger partial charge in [0.1, 0.15) is 11.8 Å². The Morgan fingerprint density at radius 2 is 2.00 bits per heavy atom. The van der Waals surface area contributed by atoms with Crippen LogP contribution in [0, 0.1) is 0 Å². The molecule has 0 radical (unpaired) electrons. The number of rotatable bonds is 5. The first-order chi connectivity index (χ1) is 11.6. The van der Waals surface area contributed by atoms with E-state index in [9.17, 15) is 9.59 Å². The van der Waals surface area contributed by atoms with E-state index in [0.717, 1.165) is 0 Å². The molecule has 1 heterocycles. The van der Waals surface area contributed by atoms with Gasteiger partial charge in [-0.3, -0.25) is 9.59 Å². The summed E-state index contributed by atoms with van der Waals surface area (Å²) in [7, 11) is 0. The lowest BCUT2D eigenvalue weighted by Gasteiger charge is -2.17. The molecule has 1 atom stereocenters. The molecular weight excluding hydrogens is 328 g/mol. The second-order valence-corrected chi connectivity index (χ2v) is 5.81. The first-order valence-electron chi connectivity index (χ1n) is 7.71. The van der Waals surface area contributed by atoms with E-state index in [-0.39, 0.29) is 18.2 Å². The van der Waals surface area contributed by atoms with Gasteiger partial charge in [0.2, 0.25) is 5.91 Å². The highest BCUT2D eigenvalue weighted by Crippen LogP contribution is 2.30. The van der Waals surface area contributed by atoms with Gasteiger partial charge < -0.3 is 10.1 Å². The predicted octanol–water partition coefficient (Wildman–Crippen LogP) is 3.48. The number of hydrogen-bond donors (Lipinski definition) is 1. The van der Waals surface area contributed by atoms with Gasteiger partial charge in [-0.15, -0.1) is 0 Å². The molecule has 3 rings (SSSR count). The van der Waals surface area contributed by atoms with Crippen molar-refractivity contribution in [3.05, 3.63) is 53.6 Å². The summed E-state index contributed by atoms with van der Waals surface area (Å²) in [5.74, 6) is 0.101. The van der Waals surface area contributed by atoms with Crippen LogP contribution in [0.25, 0.3) is 0 Å². The van der Waals surface area contributed by atoms with Gasteiger partial charge in [-0.1, -0.05) is 29.8 Å². The molecule has 0 saturated carbocycles. The minimum absolute atomic E-state index is 0.0891. The number of halogens is 1. The molecule has 2 aromatic carbocycles. The lowest BCUT2D eigenvalue weighted by atomic mass is 10.2. The van der Waals surface area contributed by atoms with E-state index in [1.165, 1.54) is 4.90 Å². The fraction of sp³-hybridized carbons (Fsp3) is 0.222. The molecule has 0 spiro atoms. The van der Waals surface area contributed by atoms with Gasteiger partial charge in [0.25, 0.3) is 5.91 Å². The van der Waals surface area contributed by atoms with Crippen molar-refractivity contribution < 1.29 is 14.3 Å². The SMILES string of the molecule is CCOc1ccccc1NC1CC(=O)N(c2cccc(Cl)c2)C1=O. The maximum Gasteiger partial charge on any atom is 0.256 e. The molecule has 1 saturated heterocycles. The number of hydrogen-bond acceptors (Lipinski definition) is 4. The number of para-hydroxylation sites is 2. The summed E-state index contributed by atoms with van der Waals surface area (Å²) < 4.78 is 5.55. The van der Waals surface area contributed by atoms with Crippen molar-refractivity contribution in [1.29, 1.82) is 0 Å². The normalized spacial score (nSPS) is 17.2. The minimum atomic E-state index is -0.627. The monoisotopic (exact) mass is 344 g/mol. The van der Waals surface area contributed by atoms with Crippen LogP contribution in [0.2, 0.25) is 5.02 Å². The zero-order valence-electron chi connectivity index (χ0n) is 13.2. The van der Waals surface area contributed by atoms with Crippen molar-refractivity contribution in [2.24, 2.45) is 0 Å². The van der Waals surface area contributed by atoms with E-state index in [0.29, 0.717) is 28.8 Å². The molecule has 1 fully saturated rings. The molecule has 1 unspecified atom stereocenters. The summed E-state index contributed by atoms with van der Waals surface area (Å²) >= 11 is 5.96. The standard InChI is InChI=1S/C18H17ClN2O3/c1-2-24-16-9-4-3-8-14(16)20-15-11-17(22)21(18(15)23)13-7-5-6-12(19)10-13/h3-10,15,20H,2,11H2,1H3. The van der Waals surface area contributed by atoms with Crippen molar-refractivity contribution in [2.75, 3.05) is 16.8 Å². The topological polar surface area (TPSA) is 58.6 Å². The number of amides is 2. The Kier molecular flexibility index (Phi) is 4.71. The Labute approximate surface area is 145 Å². The largest absolute Gasteiger partial charge is 0.492 e. The van der Waals surface area contributed by atoms with E-state index in [4.69, 9.17) is 16.3 Å². The fourth-order valence-corrected chi connectivity index (χ4v) is 2.87. The summed E-state index contributed by atoms with van der Waals surface area (Å²) in [5.41, 5.74) is 1.18. The molecule has 1 aliphatic heterocycles. The minimum Gasteiger partial charge on any atom is -0.492 e. The number of nitrogens with zero attached hydrogens (tertiary/aromatic N) is 1. The molecule has 0 aromatic heterocycles. The maximum atomic E-state index is 12.7. The summed E-state index contributed by atoms with van der Waals surface area (Å²) in [6.45, 7) is 2.41. The van der Waals surface area contributed by atoms with Crippen LogP contribution in [-0.4, -0.2) is 24.5 Å². The van der Waals surface area contributed by atoms with Crippen molar-refractivity contribution in [3.63, 3.8) is 0 Å². The van der Waals surface area contributed by atoms with E-state index < -0.39 is 6.04 Å². The van der Waals surface area contributed by atoms with Crippen LogP contribution in [0.15, 0.2) is 48.5 Å². The fourth-order valence-electron chi connectivity index (χ4n) is 2.69. The van der Waals surface area contributed by atoms with E-state index >= 15 is 0 Å². The summed E-state index contributed by atoms with van der Waals surface area (Å²) in [6.07, 6.45) is 0.0891. The number of ether oxygens (including phenoxy) is 1. The van der Waals surface area contributed by atoms with Gasteiger partial charge in [0.05, 0.1) is 24.4 Å². The molecule has 24 heavy (non-hydrogen) atoms. The van der Waals surface area contributed by atoms with E-state index in [2.05, 4.69) is 5.32 Å². The quantitative estimate of drug-likeness (QED) is 0.844. The summed E-state index contributed by atoms with van der Waals surface area (Å²) in [6, 6.07) is 13.4. The highest BCUT2D eigenvalue weighted by atomic mass is 35.5. The van der Waals surface area contributed by atoms with Crippen LogP contribution in [-0.2, 0) is 9.59 Å². The number of carbonyl (C=O) groups excluding carboxylic acids is 2. The Morgan fingerprint density at radius 1 is 1.21 bits per heavy atom. The maximum absolute atomic E-state index is 12.7. The summed E-state index contributed by atoms with van der Waals surface area (Å²) in [4.78, 5) is 26.1. The Balaban J connectivity index is 1.82. The first-order valence-corrected chi connectivity index (χ1v) is 8.08. The second-order valence-electron chi connectivity index (χ2n) is 5.38. The van der Waals surface area contributed by atoms with Gasteiger partial charge in [-0.25, -0.2) is 4.90 Å². The molecule has 124 valence electrons. The van der Waals surface area contributed by atoms with Gasteiger partial charge in [0.15, 0.2) is 0 Å². The number of benzene rings is 2. The Hall–Kier alpha value is -2.53. The molecule has 0 bridgehead atoms. The zero-order valence-corrected chi connectivity index (χ0v) is 13.9. The van der Waals surface area contributed by atoms with Crippen molar-refractivity contribution in [2.45, 2.75) is 19.4 Å². The first kappa shape index (κ1) is 16.3.